The van der Waals surface area contributed by atoms with Gasteiger partial charge in [-0.05, 0) is 54.6 Å². The Morgan fingerprint density at radius 1 is 0.867 bits per heavy atom. The predicted molar refractivity (Wildman–Crippen MR) is 154 cm³/mol. The molecule has 1 aromatic heterocycles. The van der Waals surface area contributed by atoms with Crippen molar-refractivity contribution in [3.8, 4) is 0 Å². The first kappa shape index (κ1) is 33.7. The van der Waals surface area contributed by atoms with Crippen LogP contribution in [0.4, 0.5) is 30.2 Å². The van der Waals surface area contributed by atoms with Crippen LogP contribution < -0.4 is 15.4 Å². The maximum Gasteiger partial charge on any atom is 0.490 e. The number of nitrogens with zero attached hydrogens (tertiary/aromatic N) is 2. The number of amides is 2. The van der Waals surface area contributed by atoms with E-state index in [9.17, 15) is 41.3 Å². The van der Waals surface area contributed by atoms with Gasteiger partial charge in [-0.1, -0.05) is 30.3 Å². The molecular formula is C28H22F3N5O8S. The van der Waals surface area contributed by atoms with Gasteiger partial charge in [0.15, 0.2) is 0 Å². The van der Waals surface area contributed by atoms with Crippen molar-refractivity contribution in [1.29, 1.82) is 0 Å². The van der Waals surface area contributed by atoms with Gasteiger partial charge in [-0.15, -0.1) is 0 Å². The summed E-state index contributed by atoms with van der Waals surface area (Å²) in [5.74, 6) is -4.30. The van der Waals surface area contributed by atoms with Gasteiger partial charge in [-0.25, -0.2) is 17.9 Å². The highest BCUT2D eigenvalue weighted by atomic mass is 32.2. The Bertz CT molecular complexity index is 1810. The van der Waals surface area contributed by atoms with Crippen molar-refractivity contribution < 1.29 is 46.0 Å². The number of carboxylic acid groups (broad SMARTS) is 1. The zero-order valence-corrected chi connectivity index (χ0v) is 23.5. The Kier molecular flexibility index (Phi) is 10.9. The molecule has 0 fully saturated rings. The summed E-state index contributed by atoms with van der Waals surface area (Å²) in [6.45, 7) is 0.252. The minimum absolute atomic E-state index is 0.0117. The van der Waals surface area contributed by atoms with E-state index < -0.39 is 38.9 Å². The Morgan fingerprint density at radius 3 is 2.11 bits per heavy atom. The number of anilines is 2. The van der Waals surface area contributed by atoms with Gasteiger partial charge in [0.1, 0.15) is 5.69 Å². The van der Waals surface area contributed by atoms with Crippen LogP contribution in [0.25, 0.3) is 0 Å². The van der Waals surface area contributed by atoms with E-state index in [1.165, 1.54) is 60.7 Å². The number of hydrogen-bond acceptors (Lipinski definition) is 9. The molecule has 4 N–H and O–H groups in total. The minimum Gasteiger partial charge on any atom is -0.475 e. The normalized spacial score (nSPS) is 10.9. The molecule has 234 valence electrons. The summed E-state index contributed by atoms with van der Waals surface area (Å²) in [5.41, 5.74) is 0.802. The Labute approximate surface area is 252 Å². The number of nitrogens with one attached hydrogen (secondary N) is 3. The van der Waals surface area contributed by atoms with Crippen molar-refractivity contribution >= 4 is 44.9 Å². The predicted octanol–water partition coefficient (Wildman–Crippen LogP) is 4.61. The SMILES string of the molecule is O=C(Nc1cccc(C(=O)NS(=O)(=O)c2ccccc2)c1)c1ccc(NCc2ccccn2)c([N+](=O)[O-])c1.O=C(O)C(F)(F)F. The molecule has 2 amide bonds. The van der Waals surface area contributed by atoms with E-state index in [1.807, 2.05) is 4.72 Å². The standard InChI is InChI=1S/C26H21N5O6S.C2HF3O2/c32-25(19-12-13-23(24(16-19)31(34)35)28-17-21-8-4-5-14-27-21)29-20-9-6-7-18(15-20)26(33)30-38(36,37)22-10-2-1-3-11-22;3-2(4,5)1(6)7/h1-16,28H,17H2,(H,29,32)(H,30,33);(H,6,7). The third kappa shape index (κ3) is 9.85. The largest absolute Gasteiger partial charge is 0.490 e. The topological polar surface area (TPSA) is 198 Å². The number of carbonyl (C=O) groups excluding carboxylic acids is 2. The van der Waals surface area contributed by atoms with Crippen molar-refractivity contribution in [2.45, 2.75) is 17.6 Å². The number of carbonyl (C=O) groups is 3. The highest BCUT2D eigenvalue weighted by Gasteiger charge is 2.38. The summed E-state index contributed by atoms with van der Waals surface area (Å²) < 4.78 is 58.6. The number of aliphatic carboxylic acids is 1. The van der Waals surface area contributed by atoms with Crippen molar-refractivity contribution in [3.63, 3.8) is 0 Å². The molecule has 1 heterocycles. The molecule has 0 spiro atoms. The van der Waals surface area contributed by atoms with Crippen LogP contribution in [0, 0.1) is 10.1 Å². The fourth-order valence-electron chi connectivity index (χ4n) is 3.44. The fourth-order valence-corrected chi connectivity index (χ4v) is 4.44. The van der Waals surface area contributed by atoms with E-state index in [0.717, 1.165) is 6.07 Å². The summed E-state index contributed by atoms with van der Waals surface area (Å²) in [6.07, 6.45) is -3.47. The van der Waals surface area contributed by atoms with E-state index in [4.69, 9.17) is 9.90 Å². The first-order valence-corrected chi connectivity index (χ1v) is 13.9. The number of rotatable bonds is 9. The lowest BCUT2D eigenvalue weighted by molar-refractivity contribution is -0.384. The van der Waals surface area contributed by atoms with Crippen LogP contribution in [0.3, 0.4) is 0 Å². The number of alkyl halides is 3. The molecule has 45 heavy (non-hydrogen) atoms. The molecule has 0 aliphatic rings. The second-order valence-electron chi connectivity index (χ2n) is 8.75. The van der Waals surface area contributed by atoms with Gasteiger partial charge >= 0.3 is 12.1 Å². The van der Waals surface area contributed by atoms with Gasteiger partial charge in [0.25, 0.3) is 27.5 Å². The molecule has 17 heteroatoms. The smallest absolute Gasteiger partial charge is 0.475 e. The minimum atomic E-state index is -5.08. The second-order valence-corrected chi connectivity index (χ2v) is 10.4. The molecule has 13 nitrogen and oxygen atoms in total. The number of pyridine rings is 1. The van der Waals surface area contributed by atoms with E-state index in [0.29, 0.717) is 5.69 Å². The van der Waals surface area contributed by atoms with Crippen molar-refractivity contribution in [2.24, 2.45) is 0 Å². The lowest BCUT2D eigenvalue weighted by atomic mass is 10.1. The van der Waals surface area contributed by atoms with Gasteiger partial charge in [-0.2, -0.15) is 13.2 Å². The van der Waals surface area contributed by atoms with E-state index in [-0.39, 0.29) is 39.6 Å². The highest BCUT2D eigenvalue weighted by molar-refractivity contribution is 7.90. The molecule has 0 bridgehead atoms. The lowest BCUT2D eigenvalue weighted by Gasteiger charge is -2.10. The maximum absolute atomic E-state index is 12.8. The lowest BCUT2D eigenvalue weighted by Crippen LogP contribution is -2.30. The van der Waals surface area contributed by atoms with Gasteiger partial charge in [-0.3, -0.25) is 24.7 Å². The highest BCUT2D eigenvalue weighted by Crippen LogP contribution is 2.27. The third-order valence-electron chi connectivity index (χ3n) is 5.55. The van der Waals surface area contributed by atoms with Crippen molar-refractivity contribution in [2.75, 3.05) is 10.6 Å². The molecule has 4 rings (SSSR count). The first-order chi connectivity index (χ1) is 21.2. The number of benzene rings is 3. The number of carboxylic acids is 1. The summed E-state index contributed by atoms with van der Waals surface area (Å²) in [7, 11) is -4.09. The van der Waals surface area contributed by atoms with Crippen LogP contribution >= 0.6 is 0 Å². The number of nitro groups is 1. The van der Waals surface area contributed by atoms with Crippen LogP contribution in [0.1, 0.15) is 26.4 Å². The van der Waals surface area contributed by atoms with Crippen LogP contribution in [-0.2, 0) is 21.4 Å². The Hall–Kier alpha value is -5.84. The molecule has 3 aromatic carbocycles. The maximum atomic E-state index is 12.8. The summed E-state index contributed by atoms with van der Waals surface area (Å²) >= 11 is 0. The summed E-state index contributed by atoms with van der Waals surface area (Å²) in [6, 6.07) is 22.4. The molecule has 0 aliphatic carbocycles. The average molecular weight is 646 g/mol. The molecule has 0 unspecified atom stereocenters. The molecule has 0 saturated carbocycles. The summed E-state index contributed by atoms with van der Waals surface area (Å²) in [4.78, 5) is 49.4. The van der Waals surface area contributed by atoms with Crippen LogP contribution in [0.15, 0.2) is 102 Å². The van der Waals surface area contributed by atoms with E-state index in [1.54, 1.807) is 30.5 Å². The molecule has 0 atom stereocenters. The Balaban J connectivity index is 0.000000707. The Morgan fingerprint density at radius 2 is 1.51 bits per heavy atom. The van der Waals surface area contributed by atoms with Gasteiger partial charge in [0.05, 0.1) is 22.1 Å². The van der Waals surface area contributed by atoms with Crippen molar-refractivity contribution in [1.82, 2.24) is 9.71 Å². The van der Waals surface area contributed by atoms with Crippen molar-refractivity contribution in [3.05, 3.63) is 124 Å². The zero-order valence-electron chi connectivity index (χ0n) is 22.7. The fraction of sp³-hybridized carbons (Fsp3) is 0.0714. The quantitative estimate of drug-likeness (QED) is 0.147. The number of aromatic nitrogens is 1. The number of nitro benzene ring substituents is 1. The molecule has 0 radical (unpaired) electrons. The number of halogens is 3. The monoisotopic (exact) mass is 645 g/mol. The van der Waals surface area contributed by atoms with E-state index >= 15 is 0 Å². The van der Waals surface area contributed by atoms with Gasteiger partial charge in [0, 0.05) is 29.1 Å². The van der Waals surface area contributed by atoms with Gasteiger partial charge < -0.3 is 15.7 Å². The van der Waals surface area contributed by atoms with Crippen LogP contribution in [0.2, 0.25) is 0 Å². The average Bonchev–Trinajstić information content (AvgIpc) is 3.00. The number of hydrogen-bond donors (Lipinski definition) is 4. The second kappa shape index (κ2) is 14.6. The molecular weight excluding hydrogens is 623 g/mol. The zero-order chi connectivity index (χ0) is 33.2. The third-order valence-corrected chi connectivity index (χ3v) is 6.90. The molecule has 4 aromatic rings. The molecule has 0 saturated heterocycles. The van der Waals surface area contributed by atoms with Crippen LogP contribution in [0.5, 0.6) is 0 Å². The first-order valence-electron chi connectivity index (χ1n) is 12.4. The summed E-state index contributed by atoms with van der Waals surface area (Å²) in [5, 5.41) is 24.3. The van der Waals surface area contributed by atoms with E-state index in [2.05, 4.69) is 15.6 Å². The van der Waals surface area contributed by atoms with Gasteiger partial charge in [0.2, 0.25) is 0 Å². The van der Waals surface area contributed by atoms with Crippen LogP contribution in [-0.4, -0.2) is 47.4 Å². The molecule has 0 aliphatic heterocycles. The number of sulfonamides is 1.